The third-order valence-electron chi connectivity index (χ3n) is 6.31. The molecular formula is C25H24ClN3O2. The Labute approximate surface area is 187 Å². The number of rotatable bonds is 3. The van der Waals surface area contributed by atoms with Crippen LogP contribution in [0, 0.1) is 13.8 Å². The lowest BCUT2D eigenvalue weighted by Gasteiger charge is -2.23. The molecule has 0 aliphatic carbocycles. The summed E-state index contributed by atoms with van der Waals surface area (Å²) in [4.78, 5) is 24.0. The number of pyridine rings is 2. The minimum atomic E-state index is 0.00555. The summed E-state index contributed by atoms with van der Waals surface area (Å²) >= 11 is 6.69. The van der Waals surface area contributed by atoms with Crippen molar-refractivity contribution < 1.29 is 9.53 Å². The molecule has 5 rings (SSSR count). The first kappa shape index (κ1) is 20.0. The molecule has 2 aromatic heterocycles. The average Bonchev–Trinajstić information content (AvgIpc) is 3.07. The van der Waals surface area contributed by atoms with Crippen LogP contribution in [0.5, 0.6) is 5.75 Å². The molecule has 0 unspecified atom stereocenters. The summed E-state index contributed by atoms with van der Waals surface area (Å²) in [6.45, 7) is 6.64. The van der Waals surface area contributed by atoms with Crippen molar-refractivity contribution in [2.45, 2.75) is 45.8 Å². The summed E-state index contributed by atoms with van der Waals surface area (Å²) in [6.07, 6.45) is 5.21. The van der Waals surface area contributed by atoms with Gasteiger partial charge in [0, 0.05) is 36.1 Å². The van der Waals surface area contributed by atoms with Crippen LogP contribution >= 0.6 is 11.6 Å². The smallest absolute Gasteiger partial charge is 0.258 e. The highest BCUT2D eigenvalue weighted by Crippen LogP contribution is 2.41. The van der Waals surface area contributed by atoms with Gasteiger partial charge in [0.2, 0.25) is 0 Å². The molecule has 3 aromatic rings. The molecule has 0 spiro atoms. The highest BCUT2D eigenvalue weighted by atomic mass is 35.5. The molecule has 0 N–H and O–H groups in total. The number of hydrogen-bond donors (Lipinski definition) is 0. The zero-order valence-corrected chi connectivity index (χ0v) is 18.6. The largest absolute Gasteiger partial charge is 0.486 e. The summed E-state index contributed by atoms with van der Waals surface area (Å²) in [5.41, 5.74) is 6.43. The highest BCUT2D eigenvalue weighted by Gasteiger charge is 2.40. The van der Waals surface area contributed by atoms with Crippen LogP contribution in [0.25, 0.3) is 11.3 Å². The fourth-order valence-electron chi connectivity index (χ4n) is 4.45. The Morgan fingerprint density at radius 1 is 1.16 bits per heavy atom. The summed E-state index contributed by atoms with van der Waals surface area (Å²) in [7, 11) is 0. The number of aryl methyl sites for hydroxylation is 1. The monoisotopic (exact) mass is 433 g/mol. The Morgan fingerprint density at radius 2 is 2.00 bits per heavy atom. The molecule has 2 aliphatic heterocycles. The maximum atomic E-state index is 13.2. The van der Waals surface area contributed by atoms with E-state index < -0.39 is 0 Å². The van der Waals surface area contributed by atoms with E-state index >= 15 is 0 Å². The third kappa shape index (κ3) is 3.57. The van der Waals surface area contributed by atoms with E-state index in [9.17, 15) is 4.79 Å². The molecule has 4 heterocycles. The normalized spacial score (nSPS) is 19.7. The number of carbonyl (C=O) groups is 1. The van der Waals surface area contributed by atoms with E-state index in [1.54, 1.807) is 0 Å². The first-order valence-electron chi connectivity index (χ1n) is 10.6. The Kier molecular flexibility index (Phi) is 4.94. The van der Waals surface area contributed by atoms with E-state index in [4.69, 9.17) is 16.3 Å². The molecule has 2 bridgehead atoms. The van der Waals surface area contributed by atoms with Crippen LogP contribution in [-0.4, -0.2) is 39.5 Å². The van der Waals surface area contributed by atoms with Crippen LogP contribution < -0.4 is 4.74 Å². The highest BCUT2D eigenvalue weighted by molar-refractivity contribution is 6.33. The van der Waals surface area contributed by atoms with Crippen molar-refractivity contribution in [3.05, 3.63) is 75.7 Å². The van der Waals surface area contributed by atoms with Gasteiger partial charge in [0.05, 0.1) is 22.8 Å². The van der Waals surface area contributed by atoms with Crippen LogP contribution in [0.1, 0.15) is 46.1 Å². The quantitative estimate of drug-likeness (QED) is 0.583. The van der Waals surface area contributed by atoms with Gasteiger partial charge in [0.1, 0.15) is 6.10 Å². The van der Waals surface area contributed by atoms with Gasteiger partial charge in [0.25, 0.3) is 5.91 Å². The van der Waals surface area contributed by atoms with Crippen molar-refractivity contribution >= 4 is 17.5 Å². The van der Waals surface area contributed by atoms with Crippen LogP contribution in [0.4, 0.5) is 0 Å². The molecule has 1 fully saturated rings. The van der Waals surface area contributed by atoms with Crippen molar-refractivity contribution in [3.8, 4) is 17.0 Å². The first-order chi connectivity index (χ1) is 14.9. The lowest BCUT2D eigenvalue weighted by atomic mass is 9.97. The minimum absolute atomic E-state index is 0.00555. The number of halogens is 1. The summed E-state index contributed by atoms with van der Waals surface area (Å²) < 4.78 is 6.17. The molecule has 2 atom stereocenters. The van der Waals surface area contributed by atoms with E-state index in [0.717, 1.165) is 40.1 Å². The molecule has 5 nitrogen and oxygen atoms in total. The van der Waals surface area contributed by atoms with Gasteiger partial charge in [-0.2, -0.15) is 0 Å². The number of fused-ring (bicyclic) bond motifs is 3. The van der Waals surface area contributed by atoms with Crippen LogP contribution in [0.2, 0.25) is 5.02 Å². The second-order valence-corrected chi connectivity index (χ2v) is 8.93. The molecule has 158 valence electrons. The van der Waals surface area contributed by atoms with E-state index in [2.05, 4.69) is 23.0 Å². The maximum Gasteiger partial charge on any atom is 0.258 e. The topological polar surface area (TPSA) is 55.3 Å². The molecule has 0 radical (unpaired) electrons. The standard InChI is InChI=1S/C25H24ClN3O2/c1-14-4-6-18(12-27-14)22-7-5-17(11-28-22)9-19-10-21-24(23(26)16(19)3)31-20-8-15(2)29(13-20)25(21)30/h4-7,10-12,15,20H,8-9,13H2,1-3H3/t15-,20+/m1/s1. The molecule has 6 heteroatoms. The van der Waals surface area contributed by atoms with Gasteiger partial charge in [-0.25, -0.2) is 0 Å². The molecule has 1 amide bonds. The third-order valence-corrected chi connectivity index (χ3v) is 6.77. The van der Waals surface area contributed by atoms with Gasteiger partial charge < -0.3 is 9.64 Å². The lowest BCUT2D eigenvalue weighted by Crippen LogP contribution is -2.33. The number of ether oxygens (including phenoxy) is 1. The minimum Gasteiger partial charge on any atom is -0.486 e. The Balaban J connectivity index is 1.46. The molecule has 1 saturated heterocycles. The first-order valence-corrected chi connectivity index (χ1v) is 11.0. The number of hydrogen-bond acceptors (Lipinski definition) is 4. The maximum absolute atomic E-state index is 13.2. The summed E-state index contributed by atoms with van der Waals surface area (Å²) in [5, 5.41) is 0.539. The van der Waals surface area contributed by atoms with Crippen molar-refractivity contribution in [2.75, 3.05) is 6.54 Å². The van der Waals surface area contributed by atoms with Crippen molar-refractivity contribution in [1.29, 1.82) is 0 Å². The predicted octanol–water partition coefficient (Wildman–Crippen LogP) is 5.00. The van der Waals surface area contributed by atoms with Crippen molar-refractivity contribution in [1.82, 2.24) is 14.9 Å². The lowest BCUT2D eigenvalue weighted by molar-refractivity contribution is 0.0748. The second-order valence-electron chi connectivity index (χ2n) is 8.55. The van der Waals surface area contributed by atoms with Gasteiger partial charge in [-0.15, -0.1) is 0 Å². The summed E-state index contributed by atoms with van der Waals surface area (Å²) in [5.74, 6) is 0.540. The predicted molar refractivity (Wildman–Crippen MR) is 121 cm³/mol. The van der Waals surface area contributed by atoms with Gasteiger partial charge in [-0.3, -0.25) is 14.8 Å². The molecule has 0 saturated carbocycles. The van der Waals surface area contributed by atoms with E-state index in [0.29, 0.717) is 29.3 Å². The second kappa shape index (κ2) is 7.65. The number of benzene rings is 1. The SMILES string of the molecule is Cc1ccc(-c2ccc(Cc3cc4c(c(Cl)c3C)O[C@H]3C[C@@H](C)N(C3)C4=O)cn2)cn1. The van der Waals surface area contributed by atoms with Crippen molar-refractivity contribution in [3.63, 3.8) is 0 Å². The number of carbonyl (C=O) groups excluding carboxylic acids is 1. The number of aromatic nitrogens is 2. The van der Waals surface area contributed by atoms with Gasteiger partial charge in [-0.1, -0.05) is 17.7 Å². The molecule has 1 aromatic carbocycles. The average molecular weight is 434 g/mol. The van der Waals surface area contributed by atoms with Gasteiger partial charge >= 0.3 is 0 Å². The fraction of sp³-hybridized carbons (Fsp3) is 0.320. The number of nitrogens with zero attached hydrogens (tertiary/aromatic N) is 3. The van der Waals surface area contributed by atoms with Crippen molar-refractivity contribution in [2.24, 2.45) is 0 Å². The van der Waals surface area contributed by atoms with Crippen LogP contribution in [-0.2, 0) is 6.42 Å². The zero-order chi connectivity index (χ0) is 21.7. The molecule has 2 aliphatic rings. The Hall–Kier alpha value is -2.92. The molecular weight excluding hydrogens is 410 g/mol. The Morgan fingerprint density at radius 3 is 2.71 bits per heavy atom. The molecule has 31 heavy (non-hydrogen) atoms. The van der Waals surface area contributed by atoms with Crippen LogP contribution in [0.3, 0.4) is 0 Å². The number of amides is 1. The van der Waals surface area contributed by atoms with E-state index in [1.165, 1.54) is 0 Å². The van der Waals surface area contributed by atoms with Gasteiger partial charge in [0.15, 0.2) is 5.75 Å². The van der Waals surface area contributed by atoms with E-state index in [1.807, 2.05) is 55.4 Å². The summed E-state index contributed by atoms with van der Waals surface area (Å²) in [6, 6.07) is 10.2. The van der Waals surface area contributed by atoms with Gasteiger partial charge in [-0.05, 0) is 68.1 Å². The fourth-order valence-corrected chi connectivity index (χ4v) is 4.71. The van der Waals surface area contributed by atoms with Crippen LogP contribution in [0.15, 0.2) is 42.7 Å². The van der Waals surface area contributed by atoms with E-state index in [-0.39, 0.29) is 18.1 Å². The zero-order valence-electron chi connectivity index (χ0n) is 17.9. The Bertz CT molecular complexity index is 1160.